The van der Waals surface area contributed by atoms with Crippen molar-refractivity contribution in [1.29, 1.82) is 0 Å². The first-order chi connectivity index (χ1) is 30.1. The molecule has 0 saturated heterocycles. The van der Waals surface area contributed by atoms with Crippen molar-refractivity contribution in [1.82, 2.24) is 4.57 Å². The first kappa shape index (κ1) is 36.8. The summed E-state index contributed by atoms with van der Waals surface area (Å²) in [5.41, 5.74) is 18.6. The van der Waals surface area contributed by atoms with Crippen LogP contribution in [0.25, 0.3) is 60.9 Å². The number of fused-ring (bicyclic) bond motifs is 6. The highest BCUT2D eigenvalue weighted by Crippen LogP contribution is 2.56. The highest BCUT2D eigenvalue weighted by atomic mass is 15.0. The van der Waals surface area contributed by atoms with Gasteiger partial charge in [0.25, 0.3) is 0 Å². The van der Waals surface area contributed by atoms with Gasteiger partial charge >= 0.3 is 0 Å². The lowest BCUT2D eigenvalue weighted by atomic mass is 9.64. The fourth-order valence-electron chi connectivity index (χ4n) is 10.8. The molecule has 61 heavy (non-hydrogen) atoms. The van der Waals surface area contributed by atoms with Crippen molar-refractivity contribution in [2.75, 3.05) is 0 Å². The summed E-state index contributed by atoms with van der Waals surface area (Å²) in [7, 11) is 0. The second-order valence-corrected chi connectivity index (χ2v) is 16.7. The van der Waals surface area contributed by atoms with Gasteiger partial charge in [0.1, 0.15) is 0 Å². The lowest BCUT2D eigenvalue weighted by Gasteiger charge is -2.38. The zero-order valence-corrected chi connectivity index (χ0v) is 34.7. The molecule has 11 rings (SSSR count). The monoisotopic (exact) mass is 781 g/mol. The lowest BCUT2D eigenvalue weighted by molar-refractivity contribution is 0.489. The van der Waals surface area contributed by atoms with Gasteiger partial charge in [-0.3, -0.25) is 0 Å². The van der Waals surface area contributed by atoms with Crippen LogP contribution in [0.2, 0.25) is 0 Å². The van der Waals surface area contributed by atoms with Crippen LogP contribution in [0.3, 0.4) is 0 Å². The Labute approximate surface area is 359 Å². The minimum absolute atomic E-state index is 0.126. The molecule has 9 aromatic carbocycles. The molecule has 1 nitrogen and oxygen atoms in total. The highest BCUT2D eigenvalue weighted by molar-refractivity contribution is 6.10. The van der Waals surface area contributed by atoms with Crippen LogP contribution in [0.5, 0.6) is 0 Å². The molecule has 1 aliphatic carbocycles. The molecule has 0 N–H and O–H groups in total. The van der Waals surface area contributed by atoms with Gasteiger partial charge in [0.05, 0.1) is 16.4 Å². The summed E-state index contributed by atoms with van der Waals surface area (Å²) < 4.78 is 2.42. The second-order valence-electron chi connectivity index (χ2n) is 16.7. The van der Waals surface area contributed by atoms with Crippen molar-refractivity contribution in [3.05, 3.63) is 258 Å². The Balaban J connectivity index is 1.04. The molecule has 10 aromatic rings. The van der Waals surface area contributed by atoms with E-state index in [4.69, 9.17) is 0 Å². The smallest absolute Gasteiger partial charge is 0.0701 e. The lowest BCUT2D eigenvalue weighted by Crippen LogP contribution is -2.32. The maximum Gasteiger partial charge on any atom is 0.0701 e. The van der Waals surface area contributed by atoms with E-state index in [1.807, 2.05) is 0 Å². The van der Waals surface area contributed by atoms with Gasteiger partial charge in [-0.25, -0.2) is 0 Å². The highest BCUT2D eigenvalue weighted by Gasteiger charge is 2.44. The first-order valence-corrected chi connectivity index (χ1v) is 21.8. The van der Waals surface area contributed by atoms with Crippen LogP contribution in [0.15, 0.2) is 224 Å². The number of hydrogen-bond donors (Lipinski definition) is 0. The van der Waals surface area contributed by atoms with E-state index in [9.17, 15) is 0 Å². The van der Waals surface area contributed by atoms with Crippen LogP contribution in [-0.4, -0.2) is 4.57 Å². The van der Waals surface area contributed by atoms with E-state index in [1.54, 1.807) is 0 Å². The standard InChI is InChI=1S/C60H47N/c1-3-59(4-2)55-40-45(44-32-38-58-54(39-44)53-27-17-18-28-57(53)61(58)50-34-29-43(30-35-50)42-19-9-5-10-20-42)31-36-51(55)52-37-33-49(41-56(52)59)60(46-21-11-6-12-22-46,47-23-13-7-14-24-47)48-25-15-8-16-26-48/h5-41H,3-4H2,1-2H3. The number of aromatic nitrogens is 1. The van der Waals surface area contributed by atoms with Gasteiger partial charge in [0, 0.05) is 21.9 Å². The summed E-state index contributed by atoms with van der Waals surface area (Å²) in [5.74, 6) is 0. The van der Waals surface area contributed by atoms with Crippen molar-refractivity contribution in [2.45, 2.75) is 37.5 Å². The first-order valence-electron chi connectivity index (χ1n) is 21.8. The number of para-hydroxylation sites is 1. The van der Waals surface area contributed by atoms with E-state index in [0.717, 1.165) is 12.8 Å². The van der Waals surface area contributed by atoms with Gasteiger partial charge in [0.2, 0.25) is 0 Å². The summed E-state index contributed by atoms with van der Waals surface area (Å²) in [6, 6.07) is 83.5. The molecule has 0 spiro atoms. The Kier molecular flexibility index (Phi) is 8.94. The molecule has 292 valence electrons. The third kappa shape index (κ3) is 5.68. The molecule has 0 radical (unpaired) electrons. The zero-order chi connectivity index (χ0) is 41.0. The molecule has 0 aliphatic heterocycles. The van der Waals surface area contributed by atoms with Gasteiger partial charge in [0.15, 0.2) is 0 Å². The quantitative estimate of drug-likeness (QED) is 0.129. The van der Waals surface area contributed by atoms with E-state index in [1.165, 1.54) is 94.3 Å². The summed E-state index contributed by atoms with van der Waals surface area (Å²) in [4.78, 5) is 0. The van der Waals surface area contributed by atoms with Crippen molar-refractivity contribution >= 4 is 21.8 Å². The Morgan fingerprint density at radius 3 is 1.43 bits per heavy atom. The van der Waals surface area contributed by atoms with Gasteiger partial charge in [-0.1, -0.05) is 202 Å². The van der Waals surface area contributed by atoms with Gasteiger partial charge in [-0.2, -0.15) is 0 Å². The number of nitrogens with zero attached hydrogens (tertiary/aromatic N) is 1. The zero-order valence-electron chi connectivity index (χ0n) is 34.7. The van der Waals surface area contributed by atoms with Crippen molar-refractivity contribution in [3.8, 4) is 39.1 Å². The van der Waals surface area contributed by atoms with Crippen molar-refractivity contribution in [3.63, 3.8) is 0 Å². The van der Waals surface area contributed by atoms with E-state index in [-0.39, 0.29) is 5.41 Å². The summed E-state index contributed by atoms with van der Waals surface area (Å²) in [5, 5.41) is 2.53. The third-order valence-electron chi connectivity index (χ3n) is 13.9. The van der Waals surface area contributed by atoms with Crippen LogP contribution in [0, 0.1) is 0 Å². The summed E-state index contributed by atoms with van der Waals surface area (Å²) >= 11 is 0. The molecule has 1 aliphatic rings. The largest absolute Gasteiger partial charge is 0.309 e. The van der Waals surface area contributed by atoms with E-state index in [0.29, 0.717) is 0 Å². The van der Waals surface area contributed by atoms with E-state index >= 15 is 0 Å². The predicted octanol–water partition coefficient (Wildman–Crippen LogP) is 15.6. The maximum atomic E-state index is 2.57. The van der Waals surface area contributed by atoms with Crippen molar-refractivity contribution in [2.24, 2.45) is 0 Å². The number of benzene rings is 9. The molecular formula is C60H47N. The van der Waals surface area contributed by atoms with Crippen LogP contribution in [-0.2, 0) is 10.8 Å². The minimum Gasteiger partial charge on any atom is -0.309 e. The van der Waals surface area contributed by atoms with Crippen LogP contribution in [0.1, 0.15) is 60.1 Å². The molecule has 0 bridgehead atoms. The Hall–Kier alpha value is -7.22. The Bertz CT molecular complexity index is 3080. The molecule has 0 saturated carbocycles. The molecule has 1 heterocycles. The molecule has 0 amide bonds. The fraction of sp³-hybridized carbons (Fsp3) is 0.100. The van der Waals surface area contributed by atoms with E-state index < -0.39 is 5.41 Å². The molecule has 1 aromatic heterocycles. The molecular weight excluding hydrogens is 735 g/mol. The minimum atomic E-state index is -0.496. The normalized spacial score (nSPS) is 13.0. The van der Waals surface area contributed by atoms with Gasteiger partial charge in [-0.15, -0.1) is 0 Å². The topological polar surface area (TPSA) is 4.93 Å². The fourth-order valence-corrected chi connectivity index (χ4v) is 10.8. The average molecular weight is 782 g/mol. The third-order valence-corrected chi connectivity index (χ3v) is 13.9. The Morgan fingerprint density at radius 1 is 0.361 bits per heavy atom. The number of rotatable bonds is 9. The van der Waals surface area contributed by atoms with Gasteiger partial charge < -0.3 is 4.57 Å². The summed E-state index contributed by atoms with van der Waals surface area (Å²) in [6.45, 7) is 4.77. The molecule has 0 fully saturated rings. The van der Waals surface area contributed by atoms with Crippen LogP contribution in [0.4, 0.5) is 0 Å². The maximum absolute atomic E-state index is 2.57. The second kappa shape index (κ2) is 14.8. The predicted molar refractivity (Wildman–Crippen MR) is 257 cm³/mol. The molecule has 1 heteroatoms. The SMILES string of the molecule is CCC1(CC)c2cc(-c3ccc4c(c3)c3ccccc3n4-c3ccc(-c4ccccc4)cc3)ccc2-c2ccc(C(c3ccccc3)(c3ccccc3)c3ccccc3)cc21. The van der Waals surface area contributed by atoms with E-state index in [2.05, 4.69) is 243 Å². The van der Waals surface area contributed by atoms with Crippen LogP contribution < -0.4 is 0 Å². The van der Waals surface area contributed by atoms with Crippen LogP contribution >= 0.6 is 0 Å². The molecule has 0 unspecified atom stereocenters. The van der Waals surface area contributed by atoms with Gasteiger partial charge in [-0.05, 0) is 116 Å². The van der Waals surface area contributed by atoms with Crippen molar-refractivity contribution < 1.29 is 0 Å². The number of hydrogen-bond acceptors (Lipinski definition) is 0. The Morgan fingerprint density at radius 2 is 0.820 bits per heavy atom. The summed E-state index contributed by atoms with van der Waals surface area (Å²) in [6.07, 6.45) is 2.03. The average Bonchev–Trinajstić information content (AvgIpc) is 3.82. The molecule has 0 atom stereocenters.